The van der Waals surface area contributed by atoms with Gasteiger partial charge < -0.3 is 43.0 Å². The van der Waals surface area contributed by atoms with Gasteiger partial charge in [-0.05, 0) is 46.5 Å². The first kappa shape index (κ1) is 41.1. The van der Waals surface area contributed by atoms with Crippen molar-refractivity contribution in [3.8, 4) is 11.5 Å². The Morgan fingerprint density at radius 3 is 1.30 bits per heavy atom. The number of esters is 2. The van der Waals surface area contributed by atoms with Crippen LogP contribution in [-0.4, -0.2) is 67.9 Å². The summed E-state index contributed by atoms with van der Waals surface area (Å²) in [7, 11) is 3.19. The third-order valence-electron chi connectivity index (χ3n) is 9.59. The minimum atomic E-state index is -1.49. The average molecular weight is 777 g/mol. The molecule has 1 aliphatic rings. The van der Waals surface area contributed by atoms with E-state index in [1.54, 1.807) is 44.6 Å². The predicted octanol–water partition coefficient (Wildman–Crippen LogP) is 6.94. The summed E-state index contributed by atoms with van der Waals surface area (Å²) < 4.78 is 49.1. The highest BCUT2D eigenvalue weighted by Crippen LogP contribution is 2.36. The normalized spacial score (nSPS) is 20.9. The van der Waals surface area contributed by atoms with Crippen molar-refractivity contribution in [1.29, 1.82) is 0 Å². The van der Waals surface area contributed by atoms with E-state index in [1.165, 1.54) is 6.92 Å². The van der Waals surface area contributed by atoms with Crippen LogP contribution in [0.25, 0.3) is 0 Å². The molecule has 0 spiro atoms. The molecule has 5 aromatic rings. The molecule has 5 aromatic carbocycles. The Balaban J connectivity index is 1.40. The maximum absolute atomic E-state index is 14.2. The third-order valence-corrected chi connectivity index (χ3v) is 9.59. The monoisotopic (exact) mass is 776 g/mol. The van der Waals surface area contributed by atoms with E-state index in [0.717, 1.165) is 22.3 Å². The Bertz CT molecular complexity index is 1960. The molecular formula is C46H48O11. The summed E-state index contributed by atoms with van der Waals surface area (Å²) in [6.07, 6.45) is -8.40. The van der Waals surface area contributed by atoms with Crippen molar-refractivity contribution in [3.05, 3.63) is 167 Å². The van der Waals surface area contributed by atoms with Gasteiger partial charge in [0.15, 0.2) is 6.10 Å². The lowest BCUT2D eigenvalue weighted by Gasteiger charge is -2.48. The van der Waals surface area contributed by atoms with Crippen LogP contribution in [-0.2, 0) is 64.4 Å². The molecule has 0 saturated heterocycles. The van der Waals surface area contributed by atoms with Gasteiger partial charge in [0.1, 0.15) is 42.0 Å². The van der Waals surface area contributed by atoms with E-state index in [2.05, 4.69) is 0 Å². The zero-order chi connectivity index (χ0) is 40.0. The molecule has 0 unspecified atom stereocenters. The van der Waals surface area contributed by atoms with Crippen molar-refractivity contribution in [2.24, 2.45) is 0 Å². The highest BCUT2D eigenvalue weighted by atomic mass is 16.6. The number of rotatable bonds is 18. The van der Waals surface area contributed by atoms with Gasteiger partial charge in [0.05, 0.1) is 40.6 Å². The molecule has 1 saturated carbocycles. The second-order valence-corrected chi connectivity index (χ2v) is 13.6. The number of hydrogen-bond acceptors (Lipinski definition) is 11. The number of ether oxygens (including phenoxy) is 8. The van der Waals surface area contributed by atoms with Crippen molar-refractivity contribution in [2.45, 2.75) is 76.1 Å². The van der Waals surface area contributed by atoms with E-state index in [-0.39, 0.29) is 26.4 Å². The number of carbonyl (C=O) groups excluding carboxylic acids is 2. The van der Waals surface area contributed by atoms with Crippen LogP contribution in [0, 0.1) is 0 Å². The number of carbonyl (C=O) groups is 2. The Hall–Kier alpha value is -5.56. The second-order valence-electron chi connectivity index (χ2n) is 13.6. The summed E-state index contributed by atoms with van der Waals surface area (Å²) in [5.41, 5.74) is 3.75. The quantitative estimate of drug-likeness (QED) is 0.0931. The van der Waals surface area contributed by atoms with E-state index in [9.17, 15) is 14.7 Å². The average Bonchev–Trinajstić information content (AvgIpc) is 3.25. The lowest BCUT2D eigenvalue weighted by atomic mass is 9.83. The standard InChI is InChI=1S/C46H48O11/c1-31(47)56-40(36-17-11-6-12-18-36)46(49)57-42-39(48)41(52-27-32-13-7-4-8-14-32)43(53-29-34-19-23-37(50-2)24-20-34)45(44(42)54-28-33-15-9-5-10-16-33)55-30-35-21-25-38(51-3)26-22-35/h4-26,39-45,48H,27-30H2,1-3H3/t39-,40-,41+,42-,43-,44+,45+/m0/s1. The molecule has 11 heteroatoms. The zero-order valence-electron chi connectivity index (χ0n) is 32.2. The fourth-order valence-corrected chi connectivity index (χ4v) is 6.64. The summed E-state index contributed by atoms with van der Waals surface area (Å²) in [4.78, 5) is 26.5. The van der Waals surface area contributed by atoms with Crippen LogP contribution in [0.1, 0.15) is 40.8 Å². The Morgan fingerprint density at radius 2 is 0.877 bits per heavy atom. The summed E-state index contributed by atoms with van der Waals surface area (Å²) in [5, 5.41) is 12.4. The number of methoxy groups -OCH3 is 2. The molecule has 7 atom stereocenters. The number of aliphatic hydroxyl groups is 1. The summed E-state index contributed by atoms with van der Waals surface area (Å²) >= 11 is 0. The SMILES string of the molecule is COc1ccc(CO[C@@H]2[C@@H](OCc3ccc(OC)cc3)[C@H](OCc3ccccc3)[C@H](O)[C@H](OC(=O)[C@@H](OC(C)=O)c3ccccc3)[C@H]2OCc2ccccc2)cc1. The van der Waals surface area contributed by atoms with E-state index >= 15 is 0 Å². The van der Waals surface area contributed by atoms with Gasteiger partial charge in [-0.1, -0.05) is 115 Å². The lowest BCUT2D eigenvalue weighted by Crippen LogP contribution is -2.67. The van der Waals surface area contributed by atoms with Crippen LogP contribution >= 0.6 is 0 Å². The van der Waals surface area contributed by atoms with Gasteiger partial charge in [-0.25, -0.2) is 4.79 Å². The van der Waals surface area contributed by atoms with E-state index < -0.39 is 54.7 Å². The van der Waals surface area contributed by atoms with Crippen LogP contribution in [0.5, 0.6) is 11.5 Å². The highest BCUT2D eigenvalue weighted by molar-refractivity contribution is 5.80. The van der Waals surface area contributed by atoms with Crippen LogP contribution < -0.4 is 9.47 Å². The fraction of sp³-hybridized carbons (Fsp3) is 0.304. The summed E-state index contributed by atoms with van der Waals surface area (Å²) in [5.74, 6) is -0.203. The molecule has 11 nitrogen and oxygen atoms in total. The second kappa shape index (κ2) is 20.6. The minimum Gasteiger partial charge on any atom is -0.497 e. The number of hydrogen-bond donors (Lipinski definition) is 1. The first-order chi connectivity index (χ1) is 27.8. The van der Waals surface area contributed by atoms with Crippen molar-refractivity contribution in [2.75, 3.05) is 14.2 Å². The fourth-order valence-electron chi connectivity index (χ4n) is 6.64. The number of benzene rings is 5. The first-order valence-corrected chi connectivity index (χ1v) is 18.7. The molecule has 0 aliphatic heterocycles. The molecule has 0 aromatic heterocycles. The van der Waals surface area contributed by atoms with Crippen molar-refractivity contribution in [3.63, 3.8) is 0 Å². The largest absolute Gasteiger partial charge is 0.497 e. The van der Waals surface area contributed by atoms with Gasteiger partial charge in [-0.2, -0.15) is 0 Å². The zero-order valence-corrected chi connectivity index (χ0v) is 32.2. The predicted molar refractivity (Wildman–Crippen MR) is 210 cm³/mol. The maximum atomic E-state index is 14.2. The molecule has 1 N–H and O–H groups in total. The van der Waals surface area contributed by atoms with Gasteiger partial charge in [0.25, 0.3) is 0 Å². The Kier molecular flexibility index (Phi) is 14.8. The van der Waals surface area contributed by atoms with Crippen molar-refractivity contribution in [1.82, 2.24) is 0 Å². The first-order valence-electron chi connectivity index (χ1n) is 18.7. The van der Waals surface area contributed by atoms with Crippen LogP contribution in [0.3, 0.4) is 0 Å². The molecule has 298 valence electrons. The van der Waals surface area contributed by atoms with E-state index in [0.29, 0.717) is 17.1 Å². The topological polar surface area (TPSA) is 128 Å². The van der Waals surface area contributed by atoms with E-state index in [1.807, 2.05) is 109 Å². The van der Waals surface area contributed by atoms with Crippen LogP contribution in [0.2, 0.25) is 0 Å². The molecule has 0 heterocycles. The number of aliphatic hydroxyl groups excluding tert-OH is 1. The van der Waals surface area contributed by atoms with Gasteiger partial charge in [0, 0.05) is 12.5 Å². The van der Waals surface area contributed by atoms with E-state index in [4.69, 9.17) is 37.9 Å². The molecule has 1 fully saturated rings. The molecule has 0 radical (unpaired) electrons. The molecule has 6 rings (SSSR count). The highest BCUT2D eigenvalue weighted by Gasteiger charge is 2.55. The molecule has 57 heavy (non-hydrogen) atoms. The summed E-state index contributed by atoms with van der Waals surface area (Å²) in [6, 6.07) is 42.4. The smallest absolute Gasteiger partial charge is 0.352 e. The Labute approximate surface area is 333 Å². The van der Waals surface area contributed by atoms with Gasteiger partial charge in [0.2, 0.25) is 6.10 Å². The third kappa shape index (κ3) is 11.3. The van der Waals surface area contributed by atoms with Crippen molar-refractivity contribution < 1.29 is 52.6 Å². The van der Waals surface area contributed by atoms with Gasteiger partial charge in [-0.3, -0.25) is 4.79 Å². The minimum absolute atomic E-state index is 0.0848. The summed E-state index contributed by atoms with van der Waals surface area (Å²) in [6.45, 7) is 1.62. The maximum Gasteiger partial charge on any atom is 0.352 e. The van der Waals surface area contributed by atoms with Gasteiger partial charge >= 0.3 is 11.9 Å². The van der Waals surface area contributed by atoms with Crippen molar-refractivity contribution >= 4 is 11.9 Å². The van der Waals surface area contributed by atoms with Crippen LogP contribution in [0.4, 0.5) is 0 Å². The lowest BCUT2D eigenvalue weighted by molar-refractivity contribution is -0.279. The van der Waals surface area contributed by atoms with Gasteiger partial charge in [-0.15, -0.1) is 0 Å². The Morgan fingerprint density at radius 1 is 0.509 bits per heavy atom. The molecule has 1 aliphatic carbocycles. The molecule has 0 amide bonds. The molecule has 0 bridgehead atoms. The van der Waals surface area contributed by atoms with Crippen LogP contribution in [0.15, 0.2) is 140 Å². The molecular weight excluding hydrogens is 728 g/mol.